The topological polar surface area (TPSA) is 74.4 Å². The van der Waals surface area contributed by atoms with Gasteiger partial charge < -0.3 is 9.97 Å². The first-order valence-electron chi connectivity index (χ1n) is 4.29. The maximum Gasteiger partial charge on any atom is 0.190 e. The molecule has 0 radical (unpaired) electrons. The van der Waals surface area contributed by atoms with Crippen LogP contribution in [0.3, 0.4) is 0 Å². The van der Waals surface area contributed by atoms with E-state index in [4.69, 9.17) is 0 Å². The zero-order valence-corrected chi connectivity index (χ0v) is 7.74. The Hall–Kier alpha value is -1.91. The van der Waals surface area contributed by atoms with Gasteiger partial charge in [0.05, 0.1) is 12.7 Å². The summed E-state index contributed by atoms with van der Waals surface area (Å²) < 4.78 is 0. The van der Waals surface area contributed by atoms with Crippen LogP contribution >= 0.6 is 0 Å². The summed E-state index contributed by atoms with van der Waals surface area (Å²) in [5.74, 6) is 0.635. The van der Waals surface area contributed by atoms with Crippen molar-refractivity contribution in [1.29, 1.82) is 0 Å². The van der Waals surface area contributed by atoms with Crippen molar-refractivity contribution < 1.29 is 4.79 Å². The third kappa shape index (κ3) is 1.56. The minimum absolute atomic E-state index is 0.0290. The maximum absolute atomic E-state index is 11.7. The summed E-state index contributed by atoms with van der Waals surface area (Å²) in [4.78, 5) is 25.3. The van der Waals surface area contributed by atoms with Gasteiger partial charge in [0.2, 0.25) is 0 Å². The smallest absolute Gasteiger partial charge is 0.190 e. The third-order valence-corrected chi connectivity index (χ3v) is 1.98. The SMILES string of the molecule is Cc1[nH]cnc1C(=O)Cc1ncc[nH]1. The lowest BCUT2D eigenvalue weighted by atomic mass is 10.2. The van der Waals surface area contributed by atoms with Gasteiger partial charge in [-0.25, -0.2) is 9.97 Å². The molecule has 5 nitrogen and oxygen atoms in total. The fraction of sp³-hybridized carbons (Fsp3) is 0.222. The molecule has 0 aliphatic carbocycles. The highest BCUT2D eigenvalue weighted by Gasteiger charge is 2.13. The van der Waals surface area contributed by atoms with Crippen molar-refractivity contribution in [3.63, 3.8) is 0 Å². The Labute approximate surface area is 80.6 Å². The number of hydrogen-bond donors (Lipinski definition) is 2. The number of carbonyl (C=O) groups excluding carboxylic acids is 1. The van der Waals surface area contributed by atoms with Crippen LogP contribution in [0.15, 0.2) is 18.7 Å². The third-order valence-electron chi connectivity index (χ3n) is 1.98. The molecule has 0 aromatic carbocycles. The predicted octanol–water partition coefficient (Wildman–Crippen LogP) is 0.867. The average molecular weight is 190 g/mol. The monoisotopic (exact) mass is 190 g/mol. The largest absolute Gasteiger partial charge is 0.348 e. The highest BCUT2D eigenvalue weighted by Crippen LogP contribution is 2.04. The number of nitrogens with zero attached hydrogens (tertiary/aromatic N) is 2. The summed E-state index contributed by atoms with van der Waals surface area (Å²) in [5.41, 5.74) is 1.28. The highest BCUT2D eigenvalue weighted by molar-refractivity contribution is 5.96. The van der Waals surface area contributed by atoms with Crippen molar-refractivity contribution in [2.75, 3.05) is 0 Å². The van der Waals surface area contributed by atoms with Crippen LogP contribution < -0.4 is 0 Å². The number of rotatable bonds is 3. The Morgan fingerprint density at radius 3 is 2.86 bits per heavy atom. The Kier molecular flexibility index (Phi) is 2.14. The molecule has 0 fully saturated rings. The van der Waals surface area contributed by atoms with Crippen LogP contribution in [0.4, 0.5) is 0 Å². The van der Waals surface area contributed by atoms with Crippen LogP contribution in [0.25, 0.3) is 0 Å². The van der Waals surface area contributed by atoms with Crippen molar-refractivity contribution in [3.05, 3.63) is 35.9 Å². The molecule has 0 aliphatic heterocycles. The molecule has 5 heteroatoms. The lowest BCUT2D eigenvalue weighted by molar-refractivity contribution is 0.0986. The fourth-order valence-electron chi connectivity index (χ4n) is 1.27. The van der Waals surface area contributed by atoms with E-state index in [2.05, 4.69) is 19.9 Å². The number of H-pyrrole nitrogens is 2. The van der Waals surface area contributed by atoms with E-state index in [9.17, 15) is 4.79 Å². The van der Waals surface area contributed by atoms with Gasteiger partial charge in [0.15, 0.2) is 5.78 Å². The number of ketones is 1. The minimum atomic E-state index is -0.0290. The zero-order valence-electron chi connectivity index (χ0n) is 7.74. The number of carbonyl (C=O) groups is 1. The standard InChI is InChI=1S/C9H10N4O/c1-6-9(13-5-12-6)7(14)4-8-10-2-3-11-8/h2-3,5H,4H2,1H3,(H,10,11)(H,12,13). The van der Waals surface area contributed by atoms with Crippen molar-refractivity contribution in [1.82, 2.24) is 19.9 Å². The molecule has 0 bridgehead atoms. The second-order valence-corrected chi connectivity index (χ2v) is 3.01. The minimum Gasteiger partial charge on any atom is -0.348 e. The van der Waals surface area contributed by atoms with Crippen molar-refractivity contribution in [2.45, 2.75) is 13.3 Å². The van der Waals surface area contributed by atoms with Crippen LogP contribution in [0, 0.1) is 6.92 Å². The Bertz CT molecular complexity index is 429. The molecule has 2 aromatic rings. The zero-order chi connectivity index (χ0) is 9.97. The number of aryl methyl sites for hydroxylation is 1. The molecule has 2 aromatic heterocycles. The molecular formula is C9H10N4O. The van der Waals surface area contributed by atoms with Crippen LogP contribution in [0.5, 0.6) is 0 Å². The van der Waals surface area contributed by atoms with Gasteiger partial charge in [-0.05, 0) is 6.92 Å². The number of aromatic nitrogens is 4. The summed E-state index contributed by atoms with van der Waals surface area (Å²) in [5, 5.41) is 0. The first kappa shape index (κ1) is 8.68. The van der Waals surface area contributed by atoms with Gasteiger partial charge in [-0.2, -0.15) is 0 Å². The number of imidazole rings is 2. The van der Waals surface area contributed by atoms with Crippen molar-refractivity contribution in [2.24, 2.45) is 0 Å². The molecule has 2 N–H and O–H groups in total. The first-order chi connectivity index (χ1) is 6.77. The number of hydrogen-bond acceptors (Lipinski definition) is 3. The Morgan fingerprint density at radius 2 is 2.29 bits per heavy atom. The molecule has 0 saturated carbocycles. The molecule has 2 heterocycles. The van der Waals surface area contributed by atoms with Gasteiger partial charge in [-0.15, -0.1) is 0 Å². The van der Waals surface area contributed by atoms with Gasteiger partial charge in [0, 0.05) is 18.1 Å². The van der Waals surface area contributed by atoms with Gasteiger partial charge in [0.25, 0.3) is 0 Å². The van der Waals surface area contributed by atoms with E-state index in [0.717, 1.165) is 5.69 Å². The molecule has 14 heavy (non-hydrogen) atoms. The molecule has 0 amide bonds. The normalized spacial score (nSPS) is 10.4. The van der Waals surface area contributed by atoms with E-state index in [1.807, 2.05) is 6.92 Å². The Balaban J connectivity index is 2.14. The summed E-state index contributed by atoms with van der Waals surface area (Å²) in [6.07, 6.45) is 5.10. The molecule has 0 spiro atoms. The second kappa shape index (κ2) is 3.45. The molecule has 0 saturated heterocycles. The summed E-state index contributed by atoms with van der Waals surface area (Å²) >= 11 is 0. The first-order valence-corrected chi connectivity index (χ1v) is 4.29. The number of aromatic amines is 2. The van der Waals surface area contributed by atoms with Gasteiger partial charge in [-0.3, -0.25) is 4.79 Å². The molecule has 2 rings (SSSR count). The lowest BCUT2D eigenvalue weighted by Crippen LogP contribution is -2.06. The van der Waals surface area contributed by atoms with Crippen LogP contribution in [0.2, 0.25) is 0 Å². The molecule has 0 unspecified atom stereocenters. The van der Waals surface area contributed by atoms with Gasteiger partial charge in [0.1, 0.15) is 11.5 Å². The van der Waals surface area contributed by atoms with Crippen LogP contribution in [-0.2, 0) is 6.42 Å². The summed E-state index contributed by atoms with van der Waals surface area (Å²) in [7, 11) is 0. The highest BCUT2D eigenvalue weighted by atomic mass is 16.1. The quantitative estimate of drug-likeness (QED) is 0.705. The molecule has 0 aliphatic rings. The Morgan fingerprint density at radius 1 is 1.43 bits per heavy atom. The van der Waals surface area contributed by atoms with E-state index < -0.39 is 0 Å². The van der Waals surface area contributed by atoms with E-state index in [1.54, 1.807) is 12.4 Å². The van der Waals surface area contributed by atoms with E-state index in [0.29, 0.717) is 11.5 Å². The summed E-state index contributed by atoms with van der Waals surface area (Å²) in [6.45, 7) is 1.82. The number of Topliss-reactive ketones (excluding diaryl/α,β-unsaturated/α-hetero) is 1. The van der Waals surface area contributed by atoms with E-state index in [-0.39, 0.29) is 12.2 Å². The van der Waals surface area contributed by atoms with Crippen LogP contribution in [0.1, 0.15) is 22.0 Å². The molecule has 72 valence electrons. The maximum atomic E-state index is 11.7. The fourth-order valence-corrected chi connectivity index (χ4v) is 1.27. The van der Waals surface area contributed by atoms with E-state index in [1.165, 1.54) is 6.33 Å². The molecule has 0 atom stereocenters. The average Bonchev–Trinajstić information content (AvgIpc) is 2.75. The van der Waals surface area contributed by atoms with Gasteiger partial charge in [-0.1, -0.05) is 0 Å². The van der Waals surface area contributed by atoms with Crippen molar-refractivity contribution >= 4 is 5.78 Å². The lowest BCUT2D eigenvalue weighted by Gasteiger charge is -1.95. The summed E-state index contributed by atoms with van der Waals surface area (Å²) in [6, 6.07) is 0. The number of nitrogens with one attached hydrogen (secondary N) is 2. The van der Waals surface area contributed by atoms with Crippen LogP contribution in [-0.4, -0.2) is 25.7 Å². The van der Waals surface area contributed by atoms with Crippen molar-refractivity contribution in [3.8, 4) is 0 Å². The second-order valence-electron chi connectivity index (χ2n) is 3.01. The molecular weight excluding hydrogens is 180 g/mol. The van der Waals surface area contributed by atoms with Gasteiger partial charge >= 0.3 is 0 Å². The van der Waals surface area contributed by atoms with E-state index >= 15 is 0 Å². The predicted molar refractivity (Wildman–Crippen MR) is 49.9 cm³/mol.